The van der Waals surface area contributed by atoms with Gasteiger partial charge in [0.15, 0.2) is 0 Å². The third kappa shape index (κ3) is 3.95. The van der Waals surface area contributed by atoms with Crippen LogP contribution in [0.2, 0.25) is 0 Å². The van der Waals surface area contributed by atoms with Gasteiger partial charge in [-0.1, -0.05) is 40.5 Å². The average Bonchev–Trinajstić information content (AvgIpc) is 2.76. The minimum Gasteiger partial charge on any atom is -0.375 e. The van der Waals surface area contributed by atoms with Crippen molar-refractivity contribution in [2.75, 3.05) is 13.2 Å². The maximum atomic E-state index is 6.18. The lowest BCUT2D eigenvalue weighted by Crippen LogP contribution is -2.43. The average molecular weight is 267 g/mol. The third-order valence-electron chi connectivity index (χ3n) is 5.43. The van der Waals surface area contributed by atoms with Crippen LogP contribution in [0.4, 0.5) is 0 Å². The second kappa shape index (κ2) is 6.13. The van der Waals surface area contributed by atoms with E-state index in [1.807, 2.05) is 0 Å². The van der Waals surface area contributed by atoms with Gasteiger partial charge in [-0.2, -0.15) is 0 Å². The molecule has 19 heavy (non-hydrogen) atoms. The summed E-state index contributed by atoms with van der Waals surface area (Å²) in [6, 6.07) is 0.603. The van der Waals surface area contributed by atoms with E-state index in [-0.39, 0.29) is 5.60 Å². The molecule has 2 rings (SSSR count). The van der Waals surface area contributed by atoms with Gasteiger partial charge >= 0.3 is 0 Å². The summed E-state index contributed by atoms with van der Waals surface area (Å²) in [5, 5.41) is 3.57. The minimum absolute atomic E-state index is 0.270. The Balaban J connectivity index is 1.88. The van der Waals surface area contributed by atoms with Crippen LogP contribution in [0, 0.1) is 11.3 Å². The third-order valence-corrected chi connectivity index (χ3v) is 5.43. The van der Waals surface area contributed by atoms with Crippen molar-refractivity contribution in [2.24, 2.45) is 11.3 Å². The number of nitrogens with one attached hydrogen (secondary N) is 1. The molecular formula is C17H33NO. The van der Waals surface area contributed by atoms with E-state index in [0.717, 1.165) is 19.1 Å². The molecule has 0 aromatic carbocycles. The highest BCUT2D eigenvalue weighted by atomic mass is 16.5. The molecule has 0 radical (unpaired) electrons. The molecule has 1 spiro atoms. The molecule has 1 aliphatic heterocycles. The van der Waals surface area contributed by atoms with E-state index in [1.54, 1.807) is 0 Å². The SMILES string of the molecule is CC(C)NCCC(C)(C)C1CCOC2(CCCC2)C1. The molecule has 0 aromatic heterocycles. The van der Waals surface area contributed by atoms with E-state index < -0.39 is 0 Å². The van der Waals surface area contributed by atoms with Gasteiger partial charge in [0.1, 0.15) is 0 Å². The Labute approximate surface area is 119 Å². The molecule has 1 saturated heterocycles. The first kappa shape index (κ1) is 15.3. The van der Waals surface area contributed by atoms with Gasteiger partial charge in [-0.05, 0) is 50.0 Å². The van der Waals surface area contributed by atoms with Crippen molar-refractivity contribution in [2.45, 2.75) is 84.3 Å². The van der Waals surface area contributed by atoms with Gasteiger partial charge in [0.2, 0.25) is 0 Å². The van der Waals surface area contributed by atoms with Gasteiger partial charge in [0.05, 0.1) is 5.60 Å². The van der Waals surface area contributed by atoms with Crippen molar-refractivity contribution < 1.29 is 4.74 Å². The fourth-order valence-corrected chi connectivity index (χ4v) is 3.95. The smallest absolute Gasteiger partial charge is 0.0685 e. The maximum absolute atomic E-state index is 6.18. The summed E-state index contributed by atoms with van der Waals surface area (Å²) in [7, 11) is 0. The Bertz CT molecular complexity index is 279. The first-order valence-corrected chi connectivity index (χ1v) is 8.31. The van der Waals surface area contributed by atoms with E-state index >= 15 is 0 Å². The Morgan fingerprint density at radius 2 is 1.95 bits per heavy atom. The monoisotopic (exact) mass is 267 g/mol. The molecule has 1 atom stereocenters. The fourth-order valence-electron chi connectivity index (χ4n) is 3.95. The van der Waals surface area contributed by atoms with Gasteiger partial charge in [-0.25, -0.2) is 0 Å². The molecule has 2 aliphatic rings. The molecule has 2 fully saturated rings. The van der Waals surface area contributed by atoms with Crippen LogP contribution in [0.3, 0.4) is 0 Å². The standard InChI is InChI=1S/C17H33NO/c1-14(2)18-11-10-16(3,4)15-7-12-19-17(13-15)8-5-6-9-17/h14-15,18H,5-13H2,1-4H3. The maximum Gasteiger partial charge on any atom is 0.0685 e. The largest absolute Gasteiger partial charge is 0.375 e. The zero-order valence-corrected chi connectivity index (χ0v) is 13.4. The summed E-state index contributed by atoms with van der Waals surface area (Å²) in [4.78, 5) is 0. The number of hydrogen-bond acceptors (Lipinski definition) is 2. The van der Waals surface area contributed by atoms with Crippen molar-refractivity contribution in [1.29, 1.82) is 0 Å². The predicted molar refractivity (Wildman–Crippen MR) is 81.4 cm³/mol. The van der Waals surface area contributed by atoms with Crippen LogP contribution in [0.25, 0.3) is 0 Å². The van der Waals surface area contributed by atoms with Crippen molar-refractivity contribution >= 4 is 0 Å². The van der Waals surface area contributed by atoms with Crippen LogP contribution >= 0.6 is 0 Å². The number of ether oxygens (including phenoxy) is 1. The summed E-state index contributed by atoms with van der Waals surface area (Å²) in [6.07, 6.45) is 9.22. The fraction of sp³-hybridized carbons (Fsp3) is 1.00. The van der Waals surface area contributed by atoms with Gasteiger partial charge in [-0.3, -0.25) is 0 Å². The number of rotatable bonds is 5. The van der Waals surface area contributed by atoms with E-state index in [9.17, 15) is 0 Å². The highest BCUT2D eigenvalue weighted by molar-refractivity contribution is 4.95. The highest BCUT2D eigenvalue weighted by Crippen LogP contribution is 2.48. The zero-order valence-electron chi connectivity index (χ0n) is 13.4. The van der Waals surface area contributed by atoms with Gasteiger partial charge in [-0.15, -0.1) is 0 Å². The molecule has 2 nitrogen and oxygen atoms in total. The van der Waals surface area contributed by atoms with Gasteiger partial charge < -0.3 is 10.1 Å². The van der Waals surface area contributed by atoms with E-state index in [2.05, 4.69) is 33.0 Å². The normalized spacial score (nSPS) is 27.3. The second-order valence-corrected chi connectivity index (χ2v) is 7.78. The Hall–Kier alpha value is -0.0800. The lowest BCUT2D eigenvalue weighted by Gasteiger charge is -2.45. The molecule has 2 heteroatoms. The quantitative estimate of drug-likeness (QED) is 0.808. The van der Waals surface area contributed by atoms with Crippen LogP contribution in [-0.2, 0) is 4.74 Å². The van der Waals surface area contributed by atoms with Crippen LogP contribution in [0.15, 0.2) is 0 Å². The Kier molecular flexibility index (Phi) is 4.94. The lowest BCUT2D eigenvalue weighted by molar-refractivity contribution is -0.113. The van der Waals surface area contributed by atoms with Crippen molar-refractivity contribution in [1.82, 2.24) is 5.32 Å². The summed E-state index contributed by atoms with van der Waals surface area (Å²) in [5.41, 5.74) is 0.715. The molecule has 1 unspecified atom stereocenters. The first-order valence-electron chi connectivity index (χ1n) is 8.31. The van der Waals surface area contributed by atoms with Gasteiger partial charge in [0, 0.05) is 12.6 Å². The van der Waals surface area contributed by atoms with Crippen molar-refractivity contribution in [3.05, 3.63) is 0 Å². The Morgan fingerprint density at radius 3 is 2.58 bits per heavy atom. The molecule has 1 saturated carbocycles. The van der Waals surface area contributed by atoms with Crippen LogP contribution in [0.5, 0.6) is 0 Å². The number of hydrogen-bond donors (Lipinski definition) is 1. The molecule has 1 heterocycles. The molecule has 112 valence electrons. The van der Waals surface area contributed by atoms with Gasteiger partial charge in [0.25, 0.3) is 0 Å². The summed E-state index contributed by atoms with van der Waals surface area (Å²) in [6.45, 7) is 11.5. The van der Waals surface area contributed by atoms with Crippen LogP contribution < -0.4 is 5.32 Å². The van der Waals surface area contributed by atoms with E-state index in [4.69, 9.17) is 4.74 Å². The molecular weight excluding hydrogens is 234 g/mol. The summed E-state index contributed by atoms with van der Waals surface area (Å²) < 4.78 is 6.18. The lowest BCUT2D eigenvalue weighted by atomic mass is 9.68. The summed E-state index contributed by atoms with van der Waals surface area (Å²) >= 11 is 0. The predicted octanol–water partition coefficient (Wildman–Crippen LogP) is 4.14. The molecule has 0 bridgehead atoms. The molecule has 0 amide bonds. The first-order chi connectivity index (χ1) is 8.94. The molecule has 1 aliphatic carbocycles. The van der Waals surface area contributed by atoms with Crippen LogP contribution in [0.1, 0.15) is 72.6 Å². The zero-order chi connectivity index (χ0) is 13.9. The van der Waals surface area contributed by atoms with Crippen molar-refractivity contribution in [3.63, 3.8) is 0 Å². The molecule has 0 aromatic rings. The van der Waals surface area contributed by atoms with E-state index in [0.29, 0.717) is 11.5 Å². The van der Waals surface area contributed by atoms with E-state index in [1.165, 1.54) is 44.9 Å². The van der Waals surface area contributed by atoms with Crippen molar-refractivity contribution in [3.8, 4) is 0 Å². The molecule has 1 N–H and O–H groups in total. The summed E-state index contributed by atoms with van der Waals surface area (Å²) in [5.74, 6) is 0.841. The highest BCUT2D eigenvalue weighted by Gasteiger charge is 2.43. The Morgan fingerprint density at radius 1 is 1.26 bits per heavy atom. The second-order valence-electron chi connectivity index (χ2n) is 7.78. The topological polar surface area (TPSA) is 21.3 Å². The van der Waals surface area contributed by atoms with Crippen LogP contribution in [-0.4, -0.2) is 24.8 Å². The minimum atomic E-state index is 0.270.